The Bertz CT molecular complexity index is 1520. The number of carbonyl (C=O) groups excluding carboxylic acids is 1. The summed E-state index contributed by atoms with van der Waals surface area (Å²) in [5.41, 5.74) is 4.16. The van der Waals surface area contributed by atoms with Crippen molar-refractivity contribution in [3.63, 3.8) is 0 Å². The lowest BCUT2D eigenvalue weighted by molar-refractivity contribution is -0.166. The van der Waals surface area contributed by atoms with Gasteiger partial charge in [0.05, 0.1) is 48.4 Å². The second-order valence-electron chi connectivity index (χ2n) is 14.4. The van der Waals surface area contributed by atoms with Crippen molar-refractivity contribution in [3.05, 3.63) is 52.3 Å². The summed E-state index contributed by atoms with van der Waals surface area (Å²) in [6.07, 6.45) is 5.03. The Morgan fingerprint density at radius 3 is 2.60 bits per heavy atom. The second kappa shape index (κ2) is 14.9. The minimum Gasteiger partial charge on any atom is -0.490 e. The molecule has 10 nitrogen and oxygen atoms in total. The molecule has 0 spiro atoms. The summed E-state index contributed by atoms with van der Waals surface area (Å²) in [5.74, 6) is 1.24. The maximum atomic E-state index is 13.5. The zero-order valence-electron chi connectivity index (χ0n) is 29.7. The number of hydrogen-bond donors (Lipinski definition) is 0. The van der Waals surface area contributed by atoms with Gasteiger partial charge in [0.2, 0.25) is 0 Å². The Hall–Kier alpha value is -3.21. The first-order chi connectivity index (χ1) is 22.4. The van der Waals surface area contributed by atoms with Crippen LogP contribution in [-0.2, 0) is 37.0 Å². The number of aryl methyl sites for hydroxylation is 2. The Morgan fingerprint density at radius 2 is 1.87 bits per heavy atom. The molecule has 0 aliphatic carbocycles. The lowest BCUT2D eigenvalue weighted by Crippen LogP contribution is -2.46. The van der Waals surface area contributed by atoms with Crippen LogP contribution in [0.2, 0.25) is 0 Å². The van der Waals surface area contributed by atoms with Crippen molar-refractivity contribution in [1.82, 2.24) is 14.6 Å². The number of nitrogens with zero attached hydrogens (tertiary/aromatic N) is 4. The number of ether oxygens (including phenoxy) is 5. The van der Waals surface area contributed by atoms with Crippen molar-refractivity contribution in [2.45, 2.75) is 131 Å². The van der Waals surface area contributed by atoms with Crippen LogP contribution >= 0.6 is 0 Å². The minimum absolute atomic E-state index is 0.105. The van der Waals surface area contributed by atoms with Crippen LogP contribution in [0.15, 0.2) is 24.3 Å². The zero-order chi connectivity index (χ0) is 33.8. The van der Waals surface area contributed by atoms with Crippen molar-refractivity contribution in [2.24, 2.45) is 0 Å². The monoisotopic (exact) mass is 650 g/mol. The van der Waals surface area contributed by atoms with Gasteiger partial charge in [-0.15, -0.1) is 0 Å². The fourth-order valence-corrected chi connectivity index (χ4v) is 6.44. The molecule has 5 heterocycles. The van der Waals surface area contributed by atoms with Gasteiger partial charge >= 0.3 is 5.97 Å². The van der Waals surface area contributed by atoms with Crippen LogP contribution in [0.3, 0.4) is 0 Å². The summed E-state index contributed by atoms with van der Waals surface area (Å²) in [7, 11) is 0. The molecule has 4 bridgehead atoms. The third-order valence-corrected chi connectivity index (χ3v) is 8.97. The number of anilines is 1. The van der Waals surface area contributed by atoms with E-state index < -0.39 is 17.7 Å². The molecule has 1 fully saturated rings. The van der Waals surface area contributed by atoms with Gasteiger partial charge in [-0.05, 0) is 99.1 Å². The van der Waals surface area contributed by atoms with E-state index >= 15 is 0 Å². The van der Waals surface area contributed by atoms with E-state index in [1.807, 2.05) is 45.2 Å². The third-order valence-electron chi connectivity index (χ3n) is 8.97. The highest BCUT2D eigenvalue weighted by atomic mass is 16.6. The molecule has 2 atom stereocenters. The van der Waals surface area contributed by atoms with Crippen LogP contribution in [0, 0.1) is 13.8 Å². The van der Waals surface area contributed by atoms with Gasteiger partial charge in [0.1, 0.15) is 11.6 Å². The molecule has 1 aromatic carbocycles. The summed E-state index contributed by atoms with van der Waals surface area (Å²) < 4.78 is 33.1. The SMILES string of the molecule is CCOC(=O)[C@@H](OC(C)(C)C)c1c(C)nc2cc3nn2c1N1CCC(C)(CC1)OCCCCC[C@H](C)Oc1cc(C)ccc1COC3. The number of fused-ring (bicyclic) bond motifs is 11. The summed E-state index contributed by atoms with van der Waals surface area (Å²) in [4.78, 5) is 20.8. The van der Waals surface area contributed by atoms with Crippen LogP contribution in [0.4, 0.5) is 5.82 Å². The van der Waals surface area contributed by atoms with Gasteiger partial charge in [-0.25, -0.2) is 9.78 Å². The summed E-state index contributed by atoms with van der Waals surface area (Å²) in [6.45, 7) is 19.2. The first-order valence-electron chi connectivity index (χ1n) is 17.3. The maximum Gasteiger partial charge on any atom is 0.340 e. The Balaban J connectivity index is 1.55. The molecule has 6 rings (SSSR count). The van der Waals surface area contributed by atoms with E-state index in [-0.39, 0.29) is 18.3 Å². The topological polar surface area (TPSA) is 96.7 Å². The number of piperidine rings is 1. The predicted molar refractivity (Wildman–Crippen MR) is 182 cm³/mol. The number of rotatable bonds is 4. The van der Waals surface area contributed by atoms with Crippen LogP contribution in [0.1, 0.15) is 114 Å². The molecule has 3 aliphatic heterocycles. The Kier molecular flexibility index (Phi) is 11.1. The first kappa shape index (κ1) is 35.1. The Morgan fingerprint density at radius 1 is 1.11 bits per heavy atom. The van der Waals surface area contributed by atoms with E-state index in [1.165, 1.54) is 0 Å². The quantitative estimate of drug-likeness (QED) is 0.272. The molecular weight excluding hydrogens is 596 g/mol. The molecule has 258 valence electrons. The van der Waals surface area contributed by atoms with Crippen LogP contribution in [-0.4, -0.2) is 64.2 Å². The van der Waals surface area contributed by atoms with Crippen LogP contribution in [0.5, 0.6) is 5.75 Å². The minimum atomic E-state index is -0.966. The normalized spacial score (nSPS) is 22.4. The highest BCUT2D eigenvalue weighted by Gasteiger charge is 2.38. The molecule has 1 saturated heterocycles. The van der Waals surface area contributed by atoms with Crippen molar-refractivity contribution in [3.8, 4) is 5.75 Å². The maximum absolute atomic E-state index is 13.5. The fraction of sp³-hybridized carbons (Fsp3) is 0.649. The van der Waals surface area contributed by atoms with E-state index in [0.717, 1.165) is 86.6 Å². The van der Waals surface area contributed by atoms with E-state index in [4.69, 9.17) is 33.8 Å². The van der Waals surface area contributed by atoms with Crippen molar-refractivity contribution >= 4 is 17.4 Å². The van der Waals surface area contributed by atoms with Gasteiger partial charge in [0, 0.05) is 37.0 Å². The fourth-order valence-electron chi connectivity index (χ4n) is 6.44. The number of aromatic nitrogens is 3. The number of esters is 1. The van der Waals surface area contributed by atoms with Gasteiger partial charge in [-0.3, -0.25) is 0 Å². The molecule has 2 aromatic heterocycles. The van der Waals surface area contributed by atoms with Gasteiger partial charge in [-0.2, -0.15) is 9.61 Å². The summed E-state index contributed by atoms with van der Waals surface area (Å²) in [5, 5.41) is 5.01. The number of benzene rings is 1. The molecular formula is C37H54N4O6. The first-order valence-corrected chi connectivity index (χ1v) is 17.3. The van der Waals surface area contributed by atoms with Crippen LogP contribution in [0.25, 0.3) is 5.65 Å². The standard InChI is InChI=1S/C37H54N4O6/c1-9-44-35(42)33(47-36(5,6)7)32-27(4)38-31-22-29-24-43-23-28-15-14-25(2)21-30(28)46-26(3)13-11-10-12-20-45-37(8)16-18-40(19-17-37)34(32)41(31)39-29/h14-15,21-22,26,33H,9-13,16-20,23-24H2,1-8H3/t26-,33-/m0/s1. The van der Waals surface area contributed by atoms with Crippen molar-refractivity contribution in [1.29, 1.82) is 0 Å². The molecule has 3 aliphatic rings. The number of hydrogen-bond acceptors (Lipinski definition) is 9. The molecule has 0 unspecified atom stereocenters. The van der Waals surface area contributed by atoms with E-state index in [1.54, 1.807) is 0 Å². The van der Waals surface area contributed by atoms with Gasteiger partial charge < -0.3 is 28.6 Å². The largest absolute Gasteiger partial charge is 0.490 e. The lowest BCUT2D eigenvalue weighted by Gasteiger charge is -2.41. The molecule has 47 heavy (non-hydrogen) atoms. The molecule has 0 saturated carbocycles. The third kappa shape index (κ3) is 8.83. The van der Waals surface area contributed by atoms with Gasteiger partial charge in [0.15, 0.2) is 11.8 Å². The summed E-state index contributed by atoms with van der Waals surface area (Å²) in [6, 6.07) is 8.22. The molecule has 0 radical (unpaired) electrons. The second-order valence-corrected chi connectivity index (χ2v) is 14.4. The molecule has 0 amide bonds. The lowest BCUT2D eigenvalue weighted by atomic mass is 9.92. The van der Waals surface area contributed by atoms with E-state index in [9.17, 15) is 4.79 Å². The summed E-state index contributed by atoms with van der Waals surface area (Å²) >= 11 is 0. The zero-order valence-corrected chi connectivity index (χ0v) is 29.7. The highest BCUT2D eigenvalue weighted by Crippen LogP contribution is 2.38. The van der Waals surface area contributed by atoms with E-state index in [0.29, 0.717) is 30.1 Å². The molecule has 10 heteroatoms. The highest BCUT2D eigenvalue weighted by molar-refractivity contribution is 5.80. The number of carbonyl (C=O) groups is 1. The van der Waals surface area contributed by atoms with Crippen molar-refractivity contribution in [2.75, 3.05) is 31.2 Å². The van der Waals surface area contributed by atoms with Gasteiger partial charge in [-0.1, -0.05) is 18.6 Å². The van der Waals surface area contributed by atoms with Crippen molar-refractivity contribution < 1.29 is 28.5 Å². The predicted octanol–water partition coefficient (Wildman–Crippen LogP) is 7.20. The smallest absolute Gasteiger partial charge is 0.340 e. The molecule has 3 aromatic rings. The van der Waals surface area contributed by atoms with Crippen LogP contribution < -0.4 is 9.64 Å². The Labute approximate surface area is 280 Å². The van der Waals surface area contributed by atoms with E-state index in [2.05, 4.69) is 43.9 Å². The molecule has 0 N–H and O–H groups in total. The average Bonchev–Trinajstić information content (AvgIpc) is 3.40. The van der Waals surface area contributed by atoms with Gasteiger partial charge in [0.25, 0.3) is 0 Å². The average molecular weight is 651 g/mol.